The zero-order valence-corrected chi connectivity index (χ0v) is 11.0. The highest BCUT2D eigenvalue weighted by Gasteiger charge is 2.27. The number of hydrogen-bond donors (Lipinski definition) is 1. The van der Waals surface area contributed by atoms with Crippen LogP contribution in [0.3, 0.4) is 0 Å². The summed E-state index contributed by atoms with van der Waals surface area (Å²) in [5.74, 6) is 0. The first-order valence-electron chi connectivity index (χ1n) is 6.63. The molecule has 0 saturated carbocycles. The highest BCUT2D eigenvalue weighted by Crippen LogP contribution is 2.31. The molecular formula is C16H18O3. The van der Waals surface area contributed by atoms with Crippen molar-refractivity contribution in [3.05, 3.63) is 47.5 Å². The minimum absolute atomic E-state index is 0.279. The van der Waals surface area contributed by atoms with Crippen molar-refractivity contribution < 1.29 is 14.6 Å². The standard InChI is InChI=1S/C16H18O3/c1-11-6-7-12-4-2-3-5-13(12)15(11)16(17)14-10-18-8-9-19-14/h2-7,14,16-17H,8-10H2,1H3. The number of aliphatic hydroxyl groups is 1. The molecule has 0 aliphatic carbocycles. The van der Waals surface area contributed by atoms with Gasteiger partial charge in [0.2, 0.25) is 0 Å². The van der Waals surface area contributed by atoms with Gasteiger partial charge in [-0.05, 0) is 28.8 Å². The van der Waals surface area contributed by atoms with E-state index in [4.69, 9.17) is 9.47 Å². The monoisotopic (exact) mass is 258 g/mol. The Kier molecular flexibility index (Phi) is 3.51. The molecule has 1 aliphatic rings. The molecule has 0 bridgehead atoms. The van der Waals surface area contributed by atoms with Crippen molar-refractivity contribution in [3.8, 4) is 0 Å². The second-order valence-electron chi connectivity index (χ2n) is 4.95. The number of aliphatic hydroxyl groups excluding tert-OH is 1. The van der Waals surface area contributed by atoms with Gasteiger partial charge in [-0.15, -0.1) is 0 Å². The summed E-state index contributed by atoms with van der Waals surface area (Å²) >= 11 is 0. The highest BCUT2D eigenvalue weighted by atomic mass is 16.6. The summed E-state index contributed by atoms with van der Waals surface area (Å²) in [5.41, 5.74) is 2.04. The summed E-state index contributed by atoms with van der Waals surface area (Å²) in [7, 11) is 0. The molecule has 100 valence electrons. The van der Waals surface area contributed by atoms with Crippen LogP contribution in [-0.4, -0.2) is 31.0 Å². The largest absolute Gasteiger partial charge is 0.386 e. The Labute approximate surface area is 112 Å². The molecule has 1 saturated heterocycles. The van der Waals surface area contributed by atoms with Crippen LogP contribution in [0, 0.1) is 6.92 Å². The fourth-order valence-corrected chi connectivity index (χ4v) is 2.67. The fraction of sp³-hybridized carbons (Fsp3) is 0.375. The third-order valence-corrected chi connectivity index (χ3v) is 3.68. The van der Waals surface area contributed by atoms with E-state index >= 15 is 0 Å². The van der Waals surface area contributed by atoms with E-state index in [0.29, 0.717) is 19.8 Å². The SMILES string of the molecule is Cc1ccc2ccccc2c1C(O)C1COCCO1. The molecule has 1 fully saturated rings. The lowest BCUT2D eigenvalue weighted by Crippen LogP contribution is -2.34. The van der Waals surface area contributed by atoms with Crippen molar-refractivity contribution in [2.75, 3.05) is 19.8 Å². The molecule has 0 amide bonds. The molecule has 2 unspecified atom stereocenters. The first-order valence-corrected chi connectivity index (χ1v) is 6.63. The Morgan fingerprint density at radius 3 is 2.79 bits per heavy atom. The smallest absolute Gasteiger partial charge is 0.111 e. The summed E-state index contributed by atoms with van der Waals surface area (Å²) in [6, 6.07) is 12.2. The van der Waals surface area contributed by atoms with Crippen molar-refractivity contribution in [1.82, 2.24) is 0 Å². The number of ether oxygens (including phenoxy) is 2. The average Bonchev–Trinajstić information content (AvgIpc) is 2.47. The zero-order chi connectivity index (χ0) is 13.2. The molecule has 2 aromatic rings. The Hall–Kier alpha value is -1.42. The second kappa shape index (κ2) is 5.29. The Morgan fingerprint density at radius 2 is 2.00 bits per heavy atom. The summed E-state index contributed by atoms with van der Waals surface area (Å²) in [6.07, 6.45) is -0.926. The van der Waals surface area contributed by atoms with Gasteiger partial charge in [0.25, 0.3) is 0 Å². The van der Waals surface area contributed by atoms with Crippen molar-refractivity contribution in [2.24, 2.45) is 0 Å². The molecule has 1 heterocycles. The van der Waals surface area contributed by atoms with E-state index in [1.54, 1.807) is 0 Å². The van der Waals surface area contributed by atoms with Gasteiger partial charge < -0.3 is 14.6 Å². The van der Waals surface area contributed by atoms with E-state index in [9.17, 15) is 5.11 Å². The Balaban J connectivity index is 2.05. The van der Waals surface area contributed by atoms with Gasteiger partial charge in [-0.3, -0.25) is 0 Å². The second-order valence-corrected chi connectivity index (χ2v) is 4.95. The van der Waals surface area contributed by atoms with Gasteiger partial charge in [0.05, 0.1) is 19.8 Å². The lowest BCUT2D eigenvalue weighted by molar-refractivity contribution is -0.133. The molecule has 19 heavy (non-hydrogen) atoms. The molecule has 2 aromatic carbocycles. The Bertz CT molecular complexity index is 573. The van der Waals surface area contributed by atoms with Crippen LogP contribution in [0.5, 0.6) is 0 Å². The maximum Gasteiger partial charge on any atom is 0.111 e. The van der Waals surface area contributed by atoms with Gasteiger partial charge in [0, 0.05) is 0 Å². The Morgan fingerprint density at radius 1 is 1.16 bits per heavy atom. The molecule has 0 spiro atoms. The van der Waals surface area contributed by atoms with Crippen molar-refractivity contribution in [3.63, 3.8) is 0 Å². The molecule has 3 nitrogen and oxygen atoms in total. The van der Waals surface area contributed by atoms with E-state index in [2.05, 4.69) is 12.1 Å². The van der Waals surface area contributed by atoms with E-state index in [1.807, 2.05) is 31.2 Å². The van der Waals surface area contributed by atoms with Gasteiger partial charge in [-0.2, -0.15) is 0 Å². The zero-order valence-electron chi connectivity index (χ0n) is 11.0. The third-order valence-electron chi connectivity index (χ3n) is 3.68. The quantitative estimate of drug-likeness (QED) is 0.900. The first kappa shape index (κ1) is 12.6. The first-order chi connectivity index (χ1) is 9.27. The molecule has 1 N–H and O–H groups in total. The van der Waals surface area contributed by atoms with Crippen LogP contribution in [0.15, 0.2) is 36.4 Å². The molecule has 3 heteroatoms. The van der Waals surface area contributed by atoms with Crippen LogP contribution in [0.2, 0.25) is 0 Å². The van der Waals surface area contributed by atoms with Gasteiger partial charge in [-0.1, -0.05) is 36.4 Å². The van der Waals surface area contributed by atoms with Crippen molar-refractivity contribution in [1.29, 1.82) is 0 Å². The normalized spacial score (nSPS) is 21.5. The summed E-state index contributed by atoms with van der Waals surface area (Å²) < 4.78 is 11.0. The number of fused-ring (bicyclic) bond motifs is 1. The van der Waals surface area contributed by atoms with Crippen LogP contribution >= 0.6 is 0 Å². The number of hydrogen-bond acceptors (Lipinski definition) is 3. The highest BCUT2D eigenvalue weighted by molar-refractivity contribution is 5.87. The predicted octanol–water partition coefficient (Wildman–Crippen LogP) is 2.60. The van der Waals surface area contributed by atoms with Gasteiger partial charge >= 0.3 is 0 Å². The predicted molar refractivity (Wildman–Crippen MR) is 74.2 cm³/mol. The van der Waals surface area contributed by atoms with Crippen LogP contribution in [0.25, 0.3) is 10.8 Å². The van der Waals surface area contributed by atoms with Crippen LogP contribution in [0.1, 0.15) is 17.2 Å². The maximum absolute atomic E-state index is 10.6. The van der Waals surface area contributed by atoms with E-state index in [1.165, 1.54) is 0 Å². The molecule has 0 radical (unpaired) electrons. The maximum atomic E-state index is 10.6. The van der Waals surface area contributed by atoms with Crippen molar-refractivity contribution >= 4 is 10.8 Å². The topological polar surface area (TPSA) is 38.7 Å². The van der Waals surface area contributed by atoms with Gasteiger partial charge in [-0.25, -0.2) is 0 Å². The molecule has 1 aliphatic heterocycles. The minimum Gasteiger partial charge on any atom is -0.386 e. The summed E-state index contributed by atoms with van der Waals surface area (Å²) in [5, 5.41) is 12.8. The van der Waals surface area contributed by atoms with Crippen LogP contribution in [0.4, 0.5) is 0 Å². The van der Waals surface area contributed by atoms with Gasteiger partial charge in [0.1, 0.15) is 12.2 Å². The third kappa shape index (κ3) is 2.37. The van der Waals surface area contributed by atoms with E-state index in [-0.39, 0.29) is 6.10 Å². The molecule has 2 atom stereocenters. The molecule has 3 rings (SSSR count). The van der Waals surface area contributed by atoms with Crippen LogP contribution < -0.4 is 0 Å². The number of aryl methyl sites for hydroxylation is 1. The average molecular weight is 258 g/mol. The lowest BCUT2D eigenvalue weighted by atomic mass is 9.93. The summed E-state index contributed by atoms with van der Waals surface area (Å²) in [4.78, 5) is 0. The van der Waals surface area contributed by atoms with Gasteiger partial charge in [0.15, 0.2) is 0 Å². The molecular weight excluding hydrogens is 240 g/mol. The lowest BCUT2D eigenvalue weighted by Gasteiger charge is -2.29. The summed E-state index contributed by atoms with van der Waals surface area (Å²) in [6.45, 7) is 3.63. The fourth-order valence-electron chi connectivity index (χ4n) is 2.67. The minimum atomic E-state index is -0.647. The molecule has 0 aromatic heterocycles. The van der Waals surface area contributed by atoms with E-state index in [0.717, 1.165) is 21.9 Å². The van der Waals surface area contributed by atoms with Crippen LogP contribution in [-0.2, 0) is 9.47 Å². The van der Waals surface area contributed by atoms with E-state index < -0.39 is 6.10 Å². The number of rotatable bonds is 2. The number of benzene rings is 2. The van der Waals surface area contributed by atoms with Crippen molar-refractivity contribution in [2.45, 2.75) is 19.1 Å².